The standard InChI is InChI=1S/C29H39ClN4O4/c1-19(2)38-23-6-4-5-22(18-23)26(35)29(37)34-15-11-21(12-16-34)17-20-9-13-33(14-10-20)25-8-7-24(27(30)32-25)28(36)31-3/h4-8,18-21,26,35H,9-17H2,1-3H3,(H,31,36). The van der Waals surface area contributed by atoms with E-state index < -0.39 is 6.10 Å². The second kappa shape index (κ2) is 12.8. The van der Waals surface area contributed by atoms with Gasteiger partial charge in [0.25, 0.3) is 11.8 Å². The van der Waals surface area contributed by atoms with Gasteiger partial charge in [-0.25, -0.2) is 4.98 Å². The summed E-state index contributed by atoms with van der Waals surface area (Å²) in [4.78, 5) is 33.3. The predicted octanol–water partition coefficient (Wildman–Crippen LogP) is 4.46. The van der Waals surface area contributed by atoms with Crippen LogP contribution in [0.2, 0.25) is 5.15 Å². The highest BCUT2D eigenvalue weighted by atomic mass is 35.5. The highest BCUT2D eigenvalue weighted by Crippen LogP contribution is 2.32. The lowest BCUT2D eigenvalue weighted by atomic mass is 9.82. The van der Waals surface area contributed by atoms with E-state index in [1.807, 2.05) is 32.0 Å². The number of rotatable bonds is 8. The lowest BCUT2D eigenvalue weighted by Gasteiger charge is -2.37. The normalized spacial score (nSPS) is 17.9. The zero-order valence-corrected chi connectivity index (χ0v) is 23.3. The molecule has 2 aliphatic rings. The SMILES string of the molecule is CNC(=O)c1ccc(N2CCC(CC3CCN(C(=O)C(O)c4cccc(OC(C)C)c4)CC3)CC2)nc1Cl. The number of nitrogens with zero attached hydrogens (tertiary/aromatic N) is 3. The Morgan fingerprint density at radius 1 is 1.08 bits per heavy atom. The van der Waals surface area contributed by atoms with Gasteiger partial charge in [-0.15, -0.1) is 0 Å². The summed E-state index contributed by atoms with van der Waals surface area (Å²) in [6.07, 6.45) is 4.13. The molecular formula is C29H39ClN4O4. The summed E-state index contributed by atoms with van der Waals surface area (Å²) >= 11 is 6.25. The minimum absolute atomic E-state index is 0.0290. The average molecular weight is 543 g/mol. The maximum atomic E-state index is 13.0. The van der Waals surface area contributed by atoms with Crippen LogP contribution in [0.5, 0.6) is 5.75 Å². The predicted molar refractivity (Wildman–Crippen MR) is 149 cm³/mol. The van der Waals surface area contributed by atoms with Gasteiger partial charge in [0.15, 0.2) is 6.10 Å². The van der Waals surface area contributed by atoms with Gasteiger partial charge < -0.3 is 25.0 Å². The van der Waals surface area contributed by atoms with Crippen molar-refractivity contribution < 1.29 is 19.4 Å². The number of ether oxygens (including phenoxy) is 1. The van der Waals surface area contributed by atoms with Gasteiger partial charge in [-0.1, -0.05) is 23.7 Å². The largest absolute Gasteiger partial charge is 0.491 e. The zero-order chi connectivity index (χ0) is 27.2. The summed E-state index contributed by atoms with van der Waals surface area (Å²) < 4.78 is 5.71. The van der Waals surface area contributed by atoms with Crippen molar-refractivity contribution in [3.05, 3.63) is 52.7 Å². The Morgan fingerprint density at radius 3 is 2.34 bits per heavy atom. The lowest BCUT2D eigenvalue weighted by Crippen LogP contribution is -2.42. The molecule has 0 radical (unpaired) electrons. The van der Waals surface area contributed by atoms with Gasteiger partial charge in [-0.3, -0.25) is 9.59 Å². The van der Waals surface area contributed by atoms with Crippen molar-refractivity contribution in [3.63, 3.8) is 0 Å². The summed E-state index contributed by atoms with van der Waals surface area (Å²) in [6.45, 7) is 7.09. The number of carbonyl (C=O) groups is 2. The van der Waals surface area contributed by atoms with Crippen molar-refractivity contribution in [2.45, 2.75) is 58.2 Å². The molecule has 1 aromatic carbocycles. The van der Waals surface area contributed by atoms with Gasteiger partial charge in [0.05, 0.1) is 11.7 Å². The second-order valence-electron chi connectivity index (χ2n) is 10.7. The number of likely N-dealkylation sites (tertiary alicyclic amines) is 1. The molecule has 2 fully saturated rings. The van der Waals surface area contributed by atoms with Gasteiger partial charge in [0.1, 0.15) is 16.7 Å². The average Bonchev–Trinajstić information content (AvgIpc) is 2.92. The van der Waals surface area contributed by atoms with Crippen molar-refractivity contribution in [1.82, 2.24) is 15.2 Å². The molecule has 0 saturated carbocycles. The van der Waals surface area contributed by atoms with Gasteiger partial charge in [-0.05, 0) is 87.6 Å². The van der Waals surface area contributed by atoms with Gasteiger partial charge in [0.2, 0.25) is 0 Å². The number of aliphatic hydroxyl groups is 1. The van der Waals surface area contributed by atoms with E-state index in [4.69, 9.17) is 16.3 Å². The fourth-order valence-corrected chi connectivity index (χ4v) is 5.74. The first-order chi connectivity index (χ1) is 18.2. The molecule has 206 valence electrons. The molecule has 2 aromatic rings. The van der Waals surface area contributed by atoms with Crippen molar-refractivity contribution in [1.29, 1.82) is 0 Å². The molecule has 0 spiro atoms. The Bertz CT molecular complexity index is 1110. The number of carbonyl (C=O) groups excluding carboxylic acids is 2. The van der Waals surface area contributed by atoms with E-state index in [-0.39, 0.29) is 23.1 Å². The molecule has 2 amide bonds. The third-order valence-electron chi connectivity index (χ3n) is 7.62. The third kappa shape index (κ3) is 6.97. The second-order valence-corrected chi connectivity index (χ2v) is 11.0. The Morgan fingerprint density at radius 2 is 1.74 bits per heavy atom. The van der Waals surface area contributed by atoms with E-state index in [0.717, 1.165) is 51.0 Å². The smallest absolute Gasteiger partial charge is 0.256 e. The van der Waals surface area contributed by atoms with E-state index in [0.29, 0.717) is 41.8 Å². The quantitative estimate of drug-likeness (QED) is 0.478. The molecule has 2 saturated heterocycles. The number of amides is 2. The molecule has 1 unspecified atom stereocenters. The van der Waals surface area contributed by atoms with Crippen LogP contribution >= 0.6 is 11.6 Å². The van der Waals surface area contributed by atoms with E-state index in [1.165, 1.54) is 0 Å². The molecular weight excluding hydrogens is 504 g/mol. The number of anilines is 1. The minimum atomic E-state index is -1.17. The molecule has 0 bridgehead atoms. The first-order valence-corrected chi connectivity index (χ1v) is 14.0. The van der Waals surface area contributed by atoms with Crippen molar-refractivity contribution >= 4 is 29.2 Å². The molecule has 1 aromatic heterocycles. The van der Waals surface area contributed by atoms with Crippen LogP contribution in [0.1, 0.15) is 68.0 Å². The maximum absolute atomic E-state index is 13.0. The molecule has 38 heavy (non-hydrogen) atoms. The molecule has 2 aliphatic heterocycles. The highest BCUT2D eigenvalue weighted by molar-refractivity contribution is 6.32. The van der Waals surface area contributed by atoms with Crippen LogP contribution < -0.4 is 15.0 Å². The number of nitrogens with one attached hydrogen (secondary N) is 1. The van der Waals surface area contributed by atoms with E-state index in [9.17, 15) is 14.7 Å². The molecule has 0 aliphatic carbocycles. The molecule has 9 heteroatoms. The molecule has 4 rings (SSSR count). The van der Waals surface area contributed by atoms with Crippen molar-refractivity contribution in [2.75, 3.05) is 38.1 Å². The fourth-order valence-electron chi connectivity index (χ4n) is 5.51. The summed E-state index contributed by atoms with van der Waals surface area (Å²) in [6, 6.07) is 10.8. The van der Waals surface area contributed by atoms with E-state index >= 15 is 0 Å². The first-order valence-electron chi connectivity index (χ1n) is 13.6. The number of piperidine rings is 2. The summed E-state index contributed by atoms with van der Waals surface area (Å²) in [5.74, 6) is 2.25. The monoisotopic (exact) mass is 542 g/mol. The summed E-state index contributed by atoms with van der Waals surface area (Å²) in [5.41, 5.74) is 0.958. The summed E-state index contributed by atoms with van der Waals surface area (Å²) in [5, 5.41) is 13.5. The van der Waals surface area contributed by atoms with Gasteiger partial charge in [0, 0.05) is 33.2 Å². The Kier molecular flexibility index (Phi) is 9.49. The van der Waals surface area contributed by atoms with Crippen LogP contribution in [0.25, 0.3) is 0 Å². The van der Waals surface area contributed by atoms with Crippen LogP contribution in [0.15, 0.2) is 36.4 Å². The first kappa shape index (κ1) is 28.2. The number of pyridine rings is 1. The van der Waals surface area contributed by atoms with Crippen molar-refractivity contribution in [3.8, 4) is 5.75 Å². The topological polar surface area (TPSA) is 95.0 Å². The van der Waals surface area contributed by atoms with Crippen LogP contribution in [0.3, 0.4) is 0 Å². The number of benzene rings is 1. The third-order valence-corrected chi connectivity index (χ3v) is 7.90. The number of hydrogen-bond donors (Lipinski definition) is 2. The number of hydrogen-bond acceptors (Lipinski definition) is 6. The van der Waals surface area contributed by atoms with Crippen LogP contribution in [0.4, 0.5) is 5.82 Å². The van der Waals surface area contributed by atoms with Crippen molar-refractivity contribution in [2.24, 2.45) is 11.8 Å². The van der Waals surface area contributed by atoms with E-state index in [1.54, 1.807) is 30.1 Å². The van der Waals surface area contributed by atoms with E-state index in [2.05, 4.69) is 15.2 Å². The number of aliphatic hydroxyl groups excluding tert-OH is 1. The Hall–Kier alpha value is -2.84. The molecule has 3 heterocycles. The number of aromatic nitrogens is 1. The van der Waals surface area contributed by atoms with Crippen LogP contribution in [-0.4, -0.2) is 66.1 Å². The minimum Gasteiger partial charge on any atom is -0.491 e. The maximum Gasteiger partial charge on any atom is 0.256 e. The lowest BCUT2D eigenvalue weighted by molar-refractivity contribution is -0.142. The Labute approximate surface area is 230 Å². The highest BCUT2D eigenvalue weighted by Gasteiger charge is 2.30. The zero-order valence-electron chi connectivity index (χ0n) is 22.5. The molecule has 1 atom stereocenters. The Balaban J connectivity index is 1.22. The summed E-state index contributed by atoms with van der Waals surface area (Å²) in [7, 11) is 1.58. The van der Waals surface area contributed by atoms with Gasteiger partial charge >= 0.3 is 0 Å². The van der Waals surface area contributed by atoms with Crippen LogP contribution in [0, 0.1) is 11.8 Å². The van der Waals surface area contributed by atoms with Gasteiger partial charge in [-0.2, -0.15) is 0 Å². The molecule has 8 nitrogen and oxygen atoms in total. The van der Waals surface area contributed by atoms with Crippen LogP contribution in [-0.2, 0) is 4.79 Å². The number of halogens is 1. The molecule has 2 N–H and O–H groups in total. The fraction of sp³-hybridized carbons (Fsp3) is 0.552.